The zero-order valence-corrected chi connectivity index (χ0v) is 8.56. The van der Waals surface area contributed by atoms with E-state index in [1.807, 2.05) is 36.4 Å². The number of benzene rings is 2. The van der Waals surface area contributed by atoms with Gasteiger partial charge in [0, 0.05) is 0 Å². The van der Waals surface area contributed by atoms with Crippen molar-refractivity contribution < 1.29 is 5.11 Å². The van der Waals surface area contributed by atoms with Crippen molar-refractivity contribution in [3.05, 3.63) is 71.3 Å². The van der Waals surface area contributed by atoms with Crippen molar-refractivity contribution in [1.29, 1.82) is 0 Å². The highest BCUT2D eigenvalue weighted by Crippen LogP contribution is 2.14. The van der Waals surface area contributed by atoms with E-state index in [4.69, 9.17) is 0 Å². The van der Waals surface area contributed by atoms with E-state index in [0.717, 1.165) is 12.0 Å². The van der Waals surface area contributed by atoms with Gasteiger partial charge in [-0.3, -0.25) is 0 Å². The molecule has 0 spiro atoms. The Morgan fingerprint density at radius 2 is 1.33 bits per heavy atom. The van der Waals surface area contributed by atoms with Crippen molar-refractivity contribution in [3.63, 3.8) is 0 Å². The van der Waals surface area contributed by atoms with Crippen LogP contribution in [-0.2, 0) is 13.0 Å². The van der Waals surface area contributed by atoms with Crippen LogP contribution in [0.1, 0.15) is 16.7 Å². The number of hydrogen-bond acceptors (Lipinski definition) is 1. The van der Waals surface area contributed by atoms with Crippen LogP contribution in [0.25, 0.3) is 0 Å². The van der Waals surface area contributed by atoms with Crippen molar-refractivity contribution in [2.24, 2.45) is 0 Å². The maximum Gasteiger partial charge on any atom is 0.0684 e. The van der Waals surface area contributed by atoms with E-state index in [1.54, 1.807) is 0 Å². The average molecular weight is 198 g/mol. The van der Waals surface area contributed by atoms with Gasteiger partial charge in [-0.15, -0.1) is 0 Å². The highest BCUT2D eigenvalue weighted by Gasteiger charge is 2.00. The maximum atomic E-state index is 9.20. The van der Waals surface area contributed by atoms with Gasteiger partial charge in [0.1, 0.15) is 0 Å². The first-order chi connectivity index (χ1) is 7.40. The van der Waals surface area contributed by atoms with E-state index in [9.17, 15) is 5.11 Å². The molecule has 2 aromatic carbocycles. The molecule has 0 saturated heterocycles. The molecule has 0 heterocycles. The lowest BCUT2D eigenvalue weighted by molar-refractivity contribution is 0.281. The van der Waals surface area contributed by atoms with Gasteiger partial charge in [-0.25, -0.2) is 0 Å². The van der Waals surface area contributed by atoms with Crippen LogP contribution >= 0.6 is 0 Å². The van der Waals surface area contributed by atoms with E-state index in [0.29, 0.717) is 0 Å². The molecule has 0 aliphatic rings. The average Bonchev–Trinajstić information content (AvgIpc) is 2.31. The van der Waals surface area contributed by atoms with Crippen molar-refractivity contribution in [2.75, 3.05) is 0 Å². The van der Waals surface area contributed by atoms with E-state index >= 15 is 0 Å². The zero-order chi connectivity index (χ0) is 10.5. The highest BCUT2D eigenvalue weighted by molar-refractivity contribution is 5.32. The van der Waals surface area contributed by atoms with Gasteiger partial charge in [0.15, 0.2) is 0 Å². The Morgan fingerprint density at radius 3 is 2.00 bits per heavy atom. The number of aliphatic hydroxyl groups is 1. The van der Waals surface area contributed by atoms with Gasteiger partial charge in [0.25, 0.3) is 0 Å². The molecule has 2 aromatic rings. The summed E-state index contributed by atoms with van der Waals surface area (Å²) < 4.78 is 0. The second kappa shape index (κ2) is 4.76. The fraction of sp³-hybridized carbons (Fsp3) is 0.143. The Kier molecular flexibility index (Phi) is 3.15. The molecule has 0 bridgehead atoms. The molecule has 15 heavy (non-hydrogen) atoms. The third-order valence-corrected chi connectivity index (χ3v) is 2.53. The monoisotopic (exact) mass is 198 g/mol. The summed E-state index contributed by atoms with van der Waals surface area (Å²) in [4.78, 5) is 0. The Hall–Kier alpha value is -1.60. The summed E-state index contributed by atoms with van der Waals surface area (Å²) in [5.74, 6) is 0. The summed E-state index contributed by atoms with van der Waals surface area (Å²) in [7, 11) is 0. The fourth-order valence-corrected chi connectivity index (χ4v) is 1.70. The minimum absolute atomic E-state index is 0.114. The van der Waals surface area contributed by atoms with Gasteiger partial charge in [-0.1, -0.05) is 54.6 Å². The summed E-state index contributed by atoms with van der Waals surface area (Å²) in [5, 5.41) is 9.20. The van der Waals surface area contributed by atoms with Crippen LogP contribution in [0.5, 0.6) is 0 Å². The van der Waals surface area contributed by atoms with Crippen LogP contribution in [0.4, 0.5) is 0 Å². The topological polar surface area (TPSA) is 20.2 Å². The molecule has 2 rings (SSSR count). The van der Waals surface area contributed by atoms with Crippen molar-refractivity contribution >= 4 is 0 Å². The van der Waals surface area contributed by atoms with Gasteiger partial charge in [0.2, 0.25) is 0 Å². The summed E-state index contributed by atoms with van der Waals surface area (Å²) in [6.07, 6.45) is 0.886. The molecule has 0 fully saturated rings. The Bertz CT molecular complexity index is 420. The molecule has 0 aliphatic carbocycles. The van der Waals surface area contributed by atoms with E-state index in [1.165, 1.54) is 11.1 Å². The first-order valence-electron chi connectivity index (χ1n) is 5.11. The lowest BCUT2D eigenvalue weighted by atomic mass is 10.0. The Morgan fingerprint density at radius 1 is 0.733 bits per heavy atom. The number of hydrogen-bond donors (Lipinski definition) is 1. The second-order valence-corrected chi connectivity index (χ2v) is 3.59. The van der Waals surface area contributed by atoms with Crippen LogP contribution in [0.3, 0.4) is 0 Å². The second-order valence-electron chi connectivity index (χ2n) is 3.59. The van der Waals surface area contributed by atoms with Gasteiger partial charge < -0.3 is 5.11 Å². The number of rotatable bonds is 3. The molecule has 0 radical (unpaired) electrons. The fourth-order valence-electron chi connectivity index (χ4n) is 1.70. The van der Waals surface area contributed by atoms with Crippen molar-refractivity contribution in [2.45, 2.75) is 13.0 Å². The van der Waals surface area contributed by atoms with Crippen molar-refractivity contribution in [3.8, 4) is 0 Å². The van der Waals surface area contributed by atoms with Gasteiger partial charge >= 0.3 is 0 Å². The van der Waals surface area contributed by atoms with Crippen LogP contribution in [0.15, 0.2) is 54.6 Å². The minimum atomic E-state index is 0.114. The standard InChI is InChI=1S/C14H14O/c15-11-14-9-5-4-8-13(14)10-12-6-2-1-3-7-12/h1-9,15H,10-11H2. The van der Waals surface area contributed by atoms with Crippen LogP contribution in [0, 0.1) is 0 Å². The molecular weight excluding hydrogens is 184 g/mol. The van der Waals surface area contributed by atoms with Gasteiger partial charge in [-0.05, 0) is 23.1 Å². The molecule has 0 aromatic heterocycles. The molecule has 0 unspecified atom stereocenters. The van der Waals surface area contributed by atoms with E-state index in [-0.39, 0.29) is 6.61 Å². The smallest absolute Gasteiger partial charge is 0.0684 e. The molecular formula is C14H14O. The number of aliphatic hydroxyl groups excluding tert-OH is 1. The quantitative estimate of drug-likeness (QED) is 0.804. The largest absolute Gasteiger partial charge is 0.392 e. The normalized spacial score (nSPS) is 10.2. The Labute approximate surface area is 90.0 Å². The third kappa shape index (κ3) is 2.45. The first kappa shape index (κ1) is 9.94. The predicted octanol–water partition coefficient (Wildman–Crippen LogP) is 2.77. The van der Waals surface area contributed by atoms with Crippen LogP contribution in [0.2, 0.25) is 0 Å². The molecule has 76 valence electrons. The molecule has 1 heteroatoms. The lowest BCUT2D eigenvalue weighted by Gasteiger charge is -2.06. The molecule has 0 atom stereocenters. The summed E-state index contributed by atoms with van der Waals surface area (Å²) in [6.45, 7) is 0.114. The van der Waals surface area contributed by atoms with Gasteiger partial charge in [-0.2, -0.15) is 0 Å². The third-order valence-electron chi connectivity index (χ3n) is 2.53. The molecule has 0 amide bonds. The first-order valence-corrected chi connectivity index (χ1v) is 5.11. The summed E-state index contributed by atoms with van der Waals surface area (Å²) in [5.41, 5.74) is 3.49. The summed E-state index contributed by atoms with van der Waals surface area (Å²) >= 11 is 0. The van der Waals surface area contributed by atoms with Crippen LogP contribution in [-0.4, -0.2) is 5.11 Å². The van der Waals surface area contributed by atoms with Crippen LogP contribution < -0.4 is 0 Å². The molecule has 0 aliphatic heterocycles. The maximum absolute atomic E-state index is 9.20. The SMILES string of the molecule is OCc1ccccc1Cc1ccccc1. The predicted molar refractivity (Wildman–Crippen MR) is 61.6 cm³/mol. The van der Waals surface area contributed by atoms with Gasteiger partial charge in [0.05, 0.1) is 6.61 Å². The lowest BCUT2D eigenvalue weighted by Crippen LogP contribution is -1.94. The molecule has 1 N–H and O–H groups in total. The molecule has 1 nitrogen and oxygen atoms in total. The minimum Gasteiger partial charge on any atom is -0.392 e. The van der Waals surface area contributed by atoms with Crippen molar-refractivity contribution in [1.82, 2.24) is 0 Å². The highest BCUT2D eigenvalue weighted by atomic mass is 16.3. The molecule has 0 saturated carbocycles. The summed E-state index contributed by atoms with van der Waals surface area (Å²) in [6, 6.07) is 18.3. The van der Waals surface area contributed by atoms with E-state index < -0.39 is 0 Å². The van der Waals surface area contributed by atoms with E-state index in [2.05, 4.69) is 18.2 Å². The Balaban J connectivity index is 2.24. The zero-order valence-electron chi connectivity index (χ0n) is 8.56.